The number of benzene rings is 1. The fraction of sp³-hybridized carbons (Fsp3) is 0.650. The Morgan fingerprint density at radius 2 is 2.07 bits per heavy atom. The highest BCUT2D eigenvalue weighted by atomic mass is 32.2. The van der Waals surface area contributed by atoms with Crippen molar-refractivity contribution in [1.29, 1.82) is 0 Å². The SMILES string of the molecule is CCCCN1CCOC[C@H]1C(=O)Nc1cccc(CS(=O)(=O)C(C)(C)C)c1. The lowest BCUT2D eigenvalue weighted by molar-refractivity contribution is -0.127. The first kappa shape index (κ1) is 21.9. The summed E-state index contributed by atoms with van der Waals surface area (Å²) in [5.74, 6) is -0.156. The van der Waals surface area contributed by atoms with Crippen LogP contribution in [0.5, 0.6) is 0 Å². The summed E-state index contributed by atoms with van der Waals surface area (Å²) in [6, 6.07) is 6.75. The Morgan fingerprint density at radius 3 is 2.74 bits per heavy atom. The normalized spacial score (nSPS) is 19.0. The fourth-order valence-corrected chi connectivity index (χ4v) is 3.96. The van der Waals surface area contributed by atoms with Crippen molar-refractivity contribution >= 4 is 21.4 Å². The second-order valence-corrected chi connectivity index (χ2v) is 10.8. The van der Waals surface area contributed by atoms with Gasteiger partial charge in [0.05, 0.1) is 23.7 Å². The second kappa shape index (κ2) is 9.17. The standard InChI is InChI=1S/C20H32N2O4S/c1-5-6-10-22-11-12-26-14-18(22)19(23)21-17-9-7-8-16(13-17)15-27(24,25)20(2,3)4/h7-9,13,18H,5-6,10-12,14-15H2,1-4H3,(H,21,23)/t18-/m0/s1. The topological polar surface area (TPSA) is 75.7 Å². The van der Waals surface area contributed by atoms with E-state index >= 15 is 0 Å². The van der Waals surface area contributed by atoms with Gasteiger partial charge in [-0.1, -0.05) is 25.5 Å². The number of morpholine rings is 1. The molecule has 7 heteroatoms. The first-order chi connectivity index (χ1) is 12.6. The van der Waals surface area contributed by atoms with Crippen LogP contribution in [0.4, 0.5) is 5.69 Å². The molecule has 6 nitrogen and oxygen atoms in total. The molecule has 0 aromatic heterocycles. The molecule has 1 atom stereocenters. The minimum Gasteiger partial charge on any atom is -0.378 e. The number of nitrogens with one attached hydrogen (secondary N) is 1. The zero-order valence-corrected chi connectivity index (χ0v) is 17.6. The van der Waals surface area contributed by atoms with Crippen molar-refractivity contribution in [3.05, 3.63) is 29.8 Å². The van der Waals surface area contributed by atoms with Crippen LogP contribution in [0, 0.1) is 0 Å². The van der Waals surface area contributed by atoms with E-state index in [-0.39, 0.29) is 17.7 Å². The Kier molecular flexibility index (Phi) is 7.42. The largest absolute Gasteiger partial charge is 0.378 e. The Balaban J connectivity index is 2.07. The number of amides is 1. The molecule has 1 heterocycles. The summed E-state index contributed by atoms with van der Waals surface area (Å²) in [5, 5.41) is 2.93. The summed E-state index contributed by atoms with van der Waals surface area (Å²) >= 11 is 0. The molecule has 1 fully saturated rings. The Morgan fingerprint density at radius 1 is 1.33 bits per heavy atom. The van der Waals surface area contributed by atoms with E-state index in [9.17, 15) is 13.2 Å². The van der Waals surface area contributed by atoms with Gasteiger partial charge in [-0.25, -0.2) is 8.42 Å². The number of carbonyl (C=O) groups excluding carboxylic acids is 1. The highest BCUT2D eigenvalue weighted by molar-refractivity contribution is 7.91. The molecule has 1 aliphatic rings. The molecule has 0 saturated carbocycles. The summed E-state index contributed by atoms with van der Waals surface area (Å²) in [5.41, 5.74) is 1.29. The van der Waals surface area contributed by atoms with Gasteiger partial charge >= 0.3 is 0 Å². The zero-order valence-electron chi connectivity index (χ0n) is 16.8. The van der Waals surface area contributed by atoms with E-state index in [4.69, 9.17) is 4.74 Å². The van der Waals surface area contributed by atoms with Gasteiger partial charge in [0.25, 0.3) is 0 Å². The third-order valence-corrected chi connectivity index (χ3v) is 7.40. The van der Waals surface area contributed by atoms with Crippen LogP contribution in [-0.2, 0) is 25.1 Å². The summed E-state index contributed by atoms with van der Waals surface area (Å²) in [7, 11) is -3.28. The minimum atomic E-state index is -3.28. The number of nitrogens with zero attached hydrogens (tertiary/aromatic N) is 1. The van der Waals surface area contributed by atoms with E-state index in [2.05, 4.69) is 17.1 Å². The van der Waals surface area contributed by atoms with E-state index < -0.39 is 14.6 Å². The molecule has 2 rings (SSSR count). The van der Waals surface area contributed by atoms with Crippen molar-refractivity contribution in [3.63, 3.8) is 0 Å². The van der Waals surface area contributed by atoms with Crippen molar-refractivity contribution in [2.24, 2.45) is 0 Å². The van der Waals surface area contributed by atoms with E-state index in [1.807, 2.05) is 0 Å². The molecular formula is C20H32N2O4S. The predicted octanol–water partition coefficient (Wildman–Crippen LogP) is 2.84. The third kappa shape index (κ3) is 6.02. The number of carbonyl (C=O) groups is 1. The molecule has 0 unspecified atom stereocenters. The van der Waals surface area contributed by atoms with Gasteiger partial charge in [0.2, 0.25) is 5.91 Å². The number of unbranched alkanes of at least 4 members (excludes halogenated alkanes) is 1. The van der Waals surface area contributed by atoms with Crippen LogP contribution in [0.2, 0.25) is 0 Å². The van der Waals surface area contributed by atoms with Crippen LogP contribution in [-0.4, -0.2) is 56.3 Å². The number of hydrogen-bond donors (Lipinski definition) is 1. The Hall–Kier alpha value is -1.44. The van der Waals surface area contributed by atoms with E-state index in [1.165, 1.54) is 0 Å². The molecule has 0 aliphatic carbocycles. The van der Waals surface area contributed by atoms with Crippen LogP contribution in [0.3, 0.4) is 0 Å². The van der Waals surface area contributed by atoms with Gasteiger partial charge in [-0.2, -0.15) is 0 Å². The molecule has 1 aromatic rings. The van der Waals surface area contributed by atoms with Crippen molar-refractivity contribution in [2.75, 3.05) is 31.6 Å². The van der Waals surface area contributed by atoms with Gasteiger partial charge in [-0.3, -0.25) is 9.69 Å². The molecule has 1 aromatic carbocycles. The first-order valence-corrected chi connectivity index (χ1v) is 11.2. The Labute approximate surface area is 163 Å². The van der Waals surface area contributed by atoms with Gasteiger partial charge in [0.15, 0.2) is 9.84 Å². The second-order valence-electron chi connectivity index (χ2n) is 8.04. The highest BCUT2D eigenvalue weighted by Crippen LogP contribution is 2.22. The van der Waals surface area contributed by atoms with Crippen LogP contribution in [0.1, 0.15) is 46.1 Å². The first-order valence-electron chi connectivity index (χ1n) is 9.58. The molecule has 1 amide bonds. The molecule has 1 aliphatic heterocycles. The molecule has 152 valence electrons. The van der Waals surface area contributed by atoms with Gasteiger partial charge in [0.1, 0.15) is 6.04 Å². The van der Waals surface area contributed by atoms with E-state index in [0.29, 0.717) is 24.5 Å². The van der Waals surface area contributed by atoms with Gasteiger partial charge in [-0.05, 0) is 51.4 Å². The van der Waals surface area contributed by atoms with Crippen LogP contribution >= 0.6 is 0 Å². The van der Waals surface area contributed by atoms with Crippen LogP contribution in [0.15, 0.2) is 24.3 Å². The number of rotatable bonds is 7. The highest BCUT2D eigenvalue weighted by Gasteiger charge is 2.30. The van der Waals surface area contributed by atoms with Gasteiger partial charge < -0.3 is 10.1 Å². The number of ether oxygens (including phenoxy) is 1. The average molecular weight is 397 g/mol. The molecule has 1 saturated heterocycles. The zero-order chi connectivity index (χ0) is 20.1. The average Bonchev–Trinajstić information content (AvgIpc) is 2.59. The maximum absolute atomic E-state index is 12.7. The Bertz CT molecular complexity index is 741. The van der Waals surface area contributed by atoms with Crippen molar-refractivity contribution in [1.82, 2.24) is 4.90 Å². The van der Waals surface area contributed by atoms with Crippen LogP contribution in [0.25, 0.3) is 0 Å². The lowest BCUT2D eigenvalue weighted by Crippen LogP contribution is -2.52. The number of hydrogen-bond acceptors (Lipinski definition) is 5. The molecule has 27 heavy (non-hydrogen) atoms. The van der Waals surface area contributed by atoms with E-state index in [1.54, 1.807) is 45.0 Å². The third-order valence-electron chi connectivity index (χ3n) is 4.83. The maximum Gasteiger partial charge on any atom is 0.244 e. The maximum atomic E-state index is 12.7. The quantitative estimate of drug-likeness (QED) is 0.767. The molecule has 1 N–H and O–H groups in total. The lowest BCUT2D eigenvalue weighted by Gasteiger charge is -2.34. The van der Waals surface area contributed by atoms with E-state index in [0.717, 1.165) is 25.9 Å². The van der Waals surface area contributed by atoms with Crippen molar-refractivity contribution in [3.8, 4) is 0 Å². The summed E-state index contributed by atoms with van der Waals surface area (Å²) in [4.78, 5) is 14.9. The molecule has 0 spiro atoms. The summed E-state index contributed by atoms with van der Waals surface area (Å²) < 4.78 is 29.6. The van der Waals surface area contributed by atoms with Gasteiger partial charge in [0, 0.05) is 12.2 Å². The molecular weight excluding hydrogens is 364 g/mol. The van der Waals surface area contributed by atoms with Crippen molar-refractivity contribution in [2.45, 2.75) is 57.1 Å². The monoisotopic (exact) mass is 396 g/mol. The summed E-state index contributed by atoms with van der Waals surface area (Å²) in [6.45, 7) is 9.88. The minimum absolute atomic E-state index is 0.0463. The molecule has 0 bridgehead atoms. The molecule has 0 radical (unpaired) electrons. The van der Waals surface area contributed by atoms with Crippen molar-refractivity contribution < 1.29 is 17.9 Å². The number of anilines is 1. The summed E-state index contributed by atoms with van der Waals surface area (Å²) in [6.07, 6.45) is 2.12. The predicted molar refractivity (Wildman–Crippen MR) is 109 cm³/mol. The smallest absolute Gasteiger partial charge is 0.244 e. The van der Waals surface area contributed by atoms with Crippen LogP contribution < -0.4 is 5.32 Å². The van der Waals surface area contributed by atoms with Gasteiger partial charge in [-0.15, -0.1) is 0 Å². The lowest BCUT2D eigenvalue weighted by atomic mass is 10.1. The fourth-order valence-electron chi connectivity index (χ4n) is 2.91. The number of sulfone groups is 1.